The number of para-hydroxylation sites is 1. The highest BCUT2D eigenvalue weighted by atomic mass is 32.2. The Kier molecular flexibility index (Phi) is 4.17. The number of nitrogens with two attached hydrogens (primary N) is 1. The zero-order chi connectivity index (χ0) is 14.9. The van der Waals surface area contributed by atoms with Gasteiger partial charge < -0.3 is 10.6 Å². The molecule has 0 saturated carbocycles. The van der Waals surface area contributed by atoms with E-state index in [1.807, 2.05) is 25.6 Å². The van der Waals surface area contributed by atoms with E-state index in [0.29, 0.717) is 23.6 Å². The van der Waals surface area contributed by atoms with Gasteiger partial charge in [-0.1, -0.05) is 19.9 Å². The molecule has 7 heteroatoms. The highest BCUT2D eigenvalue weighted by Gasteiger charge is 2.31. The fourth-order valence-corrected chi connectivity index (χ4v) is 3.78. The molecule has 1 aliphatic rings. The van der Waals surface area contributed by atoms with Crippen molar-refractivity contribution in [3.63, 3.8) is 0 Å². The van der Waals surface area contributed by atoms with Crippen LogP contribution in [0.5, 0.6) is 0 Å². The maximum absolute atomic E-state index is 12.5. The molecule has 2 N–H and O–H groups in total. The summed E-state index contributed by atoms with van der Waals surface area (Å²) < 4.78 is 0. The summed E-state index contributed by atoms with van der Waals surface area (Å²) in [5.74, 6) is -0.317. The molecule has 1 aromatic carbocycles. The Morgan fingerprint density at radius 3 is 2.55 bits per heavy atom. The van der Waals surface area contributed by atoms with Gasteiger partial charge in [0.1, 0.15) is 11.3 Å². The Hall–Kier alpha value is -1.76. The number of thioether (sulfide) groups is 1. The van der Waals surface area contributed by atoms with Crippen molar-refractivity contribution in [2.24, 2.45) is 0 Å². The molecule has 0 bridgehead atoms. The number of carbonyl (C=O) groups excluding carboxylic acids is 1. The third-order valence-electron chi connectivity index (χ3n) is 3.19. The number of amides is 1. The first kappa shape index (κ1) is 14.6. The number of benzene rings is 1. The van der Waals surface area contributed by atoms with Gasteiger partial charge in [0.2, 0.25) is 0 Å². The van der Waals surface area contributed by atoms with Crippen LogP contribution in [0.15, 0.2) is 18.2 Å². The molecular weight excluding hydrogens is 278 g/mol. The van der Waals surface area contributed by atoms with Gasteiger partial charge >= 0.3 is 5.69 Å². The predicted molar refractivity (Wildman–Crippen MR) is 79.9 cm³/mol. The van der Waals surface area contributed by atoms with Gasteiger partial charge in [0, 0.05) is 23.6 Å². The number of anilines is 1. The second kappa shape index (κ2) is 5.70. The van der Waals surface area contributed by atoms with E-state index in [4.69, 9.17) is 5.73 Å². The van der Waals surface area contributed by atoms with Gasteiger partial charge in [0.15, 0.2) is 0 Å². The van der Waals surface area contributed by atoms with E-state index in [9.17, 15) is 14.9 Å². The molecule has 0 aromatic heterocycles. The van der Waals surface area contributed by atoms with E-state index in [0.717, 1.165) is 0 Å². The molecule has 1 saturated heterocycles. The minimum atomic E-state index is -0.589. The van der Waals surface area contributed by atoms with Crippen LogP contribution in [-0.2, 0) is 0 Å². The van der Waals surface area contributed by atoms with Crippen LogP contribution in [0, 0.1) is 10.1 Å². The molecule has 0 radical (unpaired) electrons. The van der Waals surface area contributed by atoms with Crippen molar-refractivity contribution in [1.29, 1.82) is 0 Å². The molecule has 6 nitrogen and oxygen atoms in total. The van der Waals surface area contributed by atoms with Gasteiger partial charge in [-0.25, -0.2) is 0 Å². The predicted octanol–water partition coefficient (Wildman–Crippen LogP) is 2.14. The van der Waals surface area contributed by atoms with Crippen LogP contribution in [-0.4, -0.2) is 39.3 Å². The number of nitro benzene ring substituents is 1. The second-order valence-electron chi connectivity index (χ2n) is 4.97. The summed E-state index contributed by atoms with van der Waals surface area (Å²) in [5, 5.41) is 11.8. The normalized spacial score (nSPS) is 22.6. The summed E-state index contributed by atoms with van der Waals surface area (Å²) in [6.45, 7) is 5.29. The first-order chi connectivity index (χ1) is 9.40. The maximum atomic E-state index is 12.5. The Bertz CT molecular complexity index is 540. The number of hydrogen-bond donors (Lipinski definition) is 1. The highest BCUT2D eigenvalue weighted by molar-refractivity contribution is 8.00. The standard InChI is InChI=1S/C13H17N3O3S/c1-8-6-15(7-9(2)20-8)13(17)10-4-3-5-11(14)12(10)16(18)19/h3-5,8-9H,6-7,14H2,1-2H3. The summed E-state index contributed by atoms with van der Waals surface area (Å²) in [6.07, 6.45) is 0. The third-order valence-corrected chi connectivity index (χ3v) is 4.41. The number of nitrogens with zero attached hydrogens (tertiary/aromatic N) is 2. The topological polar surface area (TPSA) is 89.5 Å². The first-order valence-electron chi connectivity index (χ1n) is 6.37. The summed E-state index contributed by atoms with van der Waals surface area (Å²) in [7, 11) is 0. The molecule has 1 heterocycles. The van der Waals surface area contributed by atoms with Gasteiger partial charge in [-0.05, 0) is 12.1 Å². The molecule has 0 spiro atoms. The van der Waals surface area contributed by atoms with Crippen LogP contribution in [0.25, 0.3) is 0 Å². The zero-order valence-electron chi connectivity index (χ0n) is 11.4. The van der Waals surface area contributed by atoms with Crippen LogP contribution < -0.4 is 5.73 Å². The van der Waals surface area contributed by atoms with Gasteiger partial charge in [0.05, 0.1) is 4.92 Å². The number of hydrogen-bond acceptors (Lipinski definition) is 5. The van der Waals surface area contributed by atoms with Crippen molar-refractivity contribution in [2.45, 2.75) is 24.3 Å². The van der Waals surface area contributed by atoms with E-state index in [2.05, 4.69) is 0 Å². The lowest BCUT2D eigenvalue weighted by atomic mass is 10.1. The minimum absolute atomic E-state index is 0.0216. The number of rotatable bonds is 2. The van der Waals surface area contributed by atoms with Crippen molar-refractivity contribution in [3.8, 4) is 0 Å². The Balaban J connectivity index is 2.34. The largest absolute Gasteiger partial charge is 0.393 e. The molecule has 108 valence electrons. The molecule has 2 rings (SSSR count). The molecule has 20 heavy (non-hydrogen) atoms. The Morgan fingerprint density at radius 1 is 1.40 bits per heavy atom. The van der Waals surface area contributed by atoms with Crippen LogP contribution in [0.2, 0.25) is 0 Å². The first-order valence-corrected chi connectivity index (χ1v) is 7.32. The van der Waals surface area contributed by atoms with Crippen LogP contribution in [0.3, 0.4) is 0 Å². The number of nitrogen functional groups attached to an aromatic ring is 1. The van der Waals surface area contributed by atoms with Gasteiger partial charge in [-0.15, -0.1) is 0 Å². The minimum Gasteiger partial charge on any atom is -0.393 e. The van der Waals surface area contributed by atoms with Crippen LogP contribution in [0.4, 0.5) is 11.4 Å². The van der Waals surface area contributed by atoms with Crippen molar-refractivity contribution < 1.29 is 9.72 Å². The molecule has 1 amide bonds. The summed E-state index contributed by atoms with van der Waals surface area (Å²) >= 11 is 1.82. The van der Waals surface area contributed by atoms with Gasteiger partial charge in [0.25, 0.3) is 5.91 Å². The third kappa shape index (κ3) is 2.87. The van der Waals surface area contributed by atoms with Crippen LogP contribution >= 0.6 is 11.8 Å². The lowest BCUT2D eigenvalue weighted by Crippen LogP contribution is -2.44. The van der Waals surface area contributed by atoms with Gasteiger partial charge in [-0.2, -0.15) is 11.8 Å². The Labute approximate surface area is 121 Å². The van der Waals surface area contributed by atoms with Gasteiger partial charge in [-0.3, -0.25) is 14.9 Å². The molecule has 1 fully saturated rings. The molecule has 0 aliphatic carbocycles. The van der Waals surface area contributed by atoms with Crippen molar-refractivity contribution in [1.82, 2.24) is 4.90 Å². The highest BCUT2D eigenvalue weighted by Crippen LogP contribution is 2.30. The fourth-order valence-electron chi connectivity index (χ4n) is 2.45. The van der Waals surface area contributed by atoms with Crippen LogP contribution in [0.1, 0.15) is 24.2 Å². The molecular formula is C13H17N3O3S. The summed E-state index contributed by atoms with van der Waals surface area (Å²) in [6, 6.07) is 4.47. The van der Waals surface area contributed by atoms with E-state index in [-0.39, 0.29) is 22.8 Å². The smallest absolute Gasteiger partial charge is 0.304 e. The fraction of sp³-hybridized carbons (Fsp3) is 0.462. The van der Waals surface area contributed by atoms with Crippen molar-refractivity contribution in [3.05, 3.63) is 33.9 Å². The Morgan fingerprint density at radius 2 is 2.00 bits per heavy atom. The summed E-state index contributed by atoms with van der Waals surface area (Å²) in [5.41, 5.74) is 5.42. The SMILES string of the molecule is CC1CN(C(=O)c2cccc(N)c2[N+](=O)[O-])CC(C)S1. The molecule has 2 unspecified atom stereocenters. The monoisotopic (exact) mass is 295 g/mol. The quantitative estimate of drug-likeness (QED) is 0.513. The number of nitro groups is 1. The summed E-state index contributed by atoms with van der Waals surface area (Å²) in [4.78, 5) is 24.7. The lowest BCUT2D eigenvalue weighted by Gasteiger charge is -2.34. The average Bonchev–Trinajstić information content (AvgIpc) is 2.35. The lowest BCUT2D eigenvalue weighted by molar-refractivity contribution is -0.384. The van der Waals surface area contributed by atoms with E-state index >= 15 is 0 Å². The van der Waals surface area contributed by atoms with E-state index in [1.54, 1.807) is 11.0 Å². The van der Waals surface area contributed by atoms with E-state index in [1.165, 1.54) is 12.1 Å². The average molecular weight is 295 g/mol. The molecule has 1 aliphatic heterocycles. The second-order valence-corrected chi connectivity index (χ2v) is 6.85. The maximum Gasteiger partial charge on any atom is 0.304 e. The van der Waals surface area contributed by atoms with Crippen molar-refractivity contribution in [2.75, 3.05) is 18.8 Å². The van der Waals surface area contributed by atoms with E-state index < -0.39 is 4.92 Å². The van der Waals surface area contributed by atoms with Crippen molar-refractivity contribution >= 4 is 29.0 Å². The number of carbonyl (C=O) groups is 1. The molecule has 1 aromatic rings. The zero-order valence-corrected chi connectivity index (χ0v) is 12.2. The molecule has 2 atom stereocenters.